The Morgan fingerprint density at radius 3 is 2.64 bits per heavy atom. The molecule has 0 radical (unpaired) electrons. The highest BCUT2D eigenvalue weighted by Crippen LogP contribution is 2.28. The fourth-order valence-electron chi connectivity index (χ4n) is 2.49. The summed E-state index contributed by atoms with van der Waals surface area (Å²) in [6, 6.07) is 14.3. The summed E-state index contributed by atoms with van der Waals surface area (Å²) in [5, 5.41) is 13.7. The van der Waals surface area contributed by atoms with E-state index in [1.54, 1.807) is 37.4 Å². The third-order valence-corrected chi connectivity index (χ3v) is 3.84. The Balaban J connectivity index is 1.62. The monoisotopic (exact) mass is 381 g/mol. The quantitative estimate of drug-likeness (QED) is 0.481. The Morgan fingerprint density at radius 2 is 1.93 bits per heavy atom. The molecule has 3 rings (SSSR count). The first-order chi connectivity index (χ1) is 13.6. The first-order valence-corrected chi connectivity index (χ1v) is 8.38. The molecular weight excluding hydrogens is 362 g/mol. The molecule has 28 heavy (non-hydrogen) atoms. The molecule has 0 spiro atoms. The van der Waals surface area contributed by atoms with Crippen LogP contribution in [0, 0.1) is 0 Å². The van der Waals surface area contributed by atoms with Crippen molar-refractivity contribution in [2.75, 3.05) is 14.2 Å². The number of hydrogen-bond acceptors (Lipinski definition) is 7. The number of nitrogens with one attached hydrogen (secondary N) is 1. The standard InChI is InChI=1S/C20H19N3O5/c1-26-16-9-8-13(10-17(16)27-2)11-18(24)23-21-12-15-20(25)28-19(22-15)14-6-4-3-5-7-14/h3-10,12,25H,11H2,1-2H3,(H,23,24). The first kappa shape index (κ1) is 19.0. The minimum Gasteiger partial charge on any atom is -0.493 e. The molecule has 1 aromatic heterocycles. The molecule has 3 aromatic rings. The van der Waals surface area contributed by atoms with Gasteiger partial charge in [0.2, 0.25) is 11.8 Å². The summed E-state index contributed by atoms with van der Waals surface area (Å²) in [4.78, 5) is 16.2. The van der Waals surface area contributed by atoms with Crippen molar-refractivity contribution in [3.63, 3.8) is 0 Å². The highest BCUT2D eigenvalue weighted by molar-refractivity contribution is 5.84. The van der Waals surface area contributed by atoms with Crippen LogP contribution in [-0.4, -0.2) is 36.4 Å². The van der Waals surface area contributed by atoms with Crippen molar-refractivity contribution in [2.24, 2.45) is 5.10 Å². The minimum atomic E-state index is -0.378. The Labute approximate surface area is 161 Å². The molecule has 8 heteroatoms. The lowest BCUT2D eigenvalue weighted by Crippen LogP contribution is -2.19. The van der Waals surface area contributed by atoms with Crippen LogP contribution in [0.2, 0.25) is 0 Å². The Kier molecular flexibility index (Phi) is 5.91. The van der Waals surface area contributed by atoms with Crippen LogP contribution in [0.3, 0.4) is 0 Å². The van der Waals surface area contributed by atoms with Crippen molar-refractivity contribution < 1.29 is 23.8 Å². The number of benzene rings is 2. The van der Waals surface area contributed by atoms with Crippen molar-refractivity contribution in [1.29, 1.82) is 0 Å². The maximum absolute atomic E-state index is 12.1. The van der Waals surface area contributed by atoms with Gasteiger partial charge in [-0.25, -0.2) is 10.4 Å². The van der Waals surface area contributed by atoms with Gasteiger partial charge in [-0.05, 0) is 29.8 Å². The molecule has 0 fully saturated rings. The van der Waals surface area contributed by atoms with Gasteiger partial charge in [0.1, 0.15) is 0 Å². The lowest BCUT2D eigenvalue weighted by molar-refractivity contribution is -0.120. The van der Waals surface area contributed by atoms with E-state index in [0.717, 1.165) is 11.1 Å². The second-order valence-electron chi connectivity index (χ2n) is 5.73. The van der Waals surface area contributed by atoms with E-state index in [9.17, 15) is 9.90 Å². The fraction of sp³-hybridized carbons (Fsp3) is 0.150. The van der Waals surface area contributed by atoms with Crippen molar-refractivity contribution in [1.82, 2.24) is 10.4 Å². The van der Waals surface area contributed by atoms with Crippen molar-refractivity contribution in [3.8, 4) is 28.9 Å². The molecule has 0 aliphatic carbocycles. The molecule has 8 nitrogen and oxygen atoms in total. The molecule has 0 unspecified atom stereocenters. The number of amides is 1. The number of ether oxygens (including phenoxy) is 2. The average Bonchev–Trinajstić information content (AvgIpc) is 3.09. The van der Waals surface area contributed by atoms with Gasteiger partial charge in [0.05, 0.1) is 26.9 Å². The zero-order valence-corrected chi connectivity index (χ0v) is 15.4. The molecule has 2 aromatic carbocycles. The summed E-state index contributed by atoms with van der Waals surface area (Å²) in [6.07, 6.45) is 1.32. The van der Waals surface area contributed by atoms with Gasteiger partial charge < -0.3 is 19.0 Å². The summed E-state index contributed by atoms with van der Waals surface area (Å²) < 4.78 is 15.6. The second kappa shape index (κ2) is 8.72. The molecule has 144 valence electrons. The summed E-state index contributed by atoms with van der Waals surface area (Å²) in [5.41, 5.74) is 3.96. The van der Waals surface area contributed by atoms with Crippen molar-refractivity contribution in [3.05, 3.63) is 59.8 Å². The number of rotatable bonds is 7. The predicted molar refractivity (Wildman–Crippen MR) is 103 cm³/mol. The van der Waals surface area contributed by atoms with Crippen molar-refractivity contribution in [2.45, 2.75) is 6.42 Å². The Morgan fingerprint density at radius 1 is 1.18 bits per heavy atom. The van der Waals surface area contributed by atoms with Crippen LogP contribution < -0.4 is 14.9 Å². The van der Waals surface area contributed by atoms with E-state index in [1.807, 2.05) is 18.2 Å². The van der Waals surface area contributed by atoms with E-state index in [2.05, 4.69) is 15.5 Å². The molecule has 2 N–H and O–H groups in total. The SMILES string of the molecule is COc1ccc(CC(=O)NN=Cc2nc(-c3ccccc3)oc2O)cc1OC. The van der Waals surface area contributed by atoms with Crippen LogP contribution in [-0.2, 0) is 11.2 Å². The average molecular weight is 381 g/mol. The van der Waals surface area contributed by atoms with Crippen LogP contribution >= 0.6 is 0 Å². The largest absolute Gasteiger partial charge is 0.493 e. The molecule has 0 bridgehead atoms. The third-order valence-electron chi connectivity index (χ3n) is 3.84. The van der Waals surface area contributed by atoms with Gasteiger partial charge >= 0.3 is 5.95 Å². The summed E-state index contributed by atoms with van der Waals surface area (Å²) in [5.74, 6) is 0.667. The topological polar surface area (TPSA) is 106 Å². The van der Waals surface area contributed by atoms with E-state index in [1.165, 1.54) is 13.3 Å². The number of hydrogen-bond donors (Lipinski definition) is 2. The lowest BCUT2D eigenvalue weighted by atomic mass is 10.1. The molecular formula is C20H19N3O5. The molecule has 0 aliphatic rings. The lowest BCUT2D eigenvalue weighted by Gasteiger charge is -2.09. The van der Waals surface area contributed by atoms with Gasteiger partial charge in [-0.1, -0.05) is 24.3 Å². The molecule has 0 saturated carbocycles. The predicted octanol–water partition coefficient (Wildman–Crippen LogP) is 2.76. The molecule has 0 atom stereocenters. The molecule has 0 aliphatic heterocycles. The molecule has 1 amide bonds. The Hall–Kier alpha value is -3.81. The number of carbonyl (C=O) groups excluding carboxylic acids is 1. The van der Waals surface area contributed by atoms with Crippen LogP contribution in [0.1, 0.15) is 11.3 Å². The number of oxazole rings is 1. The van der Waals surface area contributed by atoms with E-state index in [4.69, 9.17) is 13.9 Å². The summed E-state index contributed by atoms with van der Waals surface area (Å²) in [6.45, 7) is 0. The smallest absolute Gasteiger partial charge is 0.312 e. The first-order valence-electron chi connectivity index (χ1n) is 8.38. The van der Waals surface area contributed by atoms with Gasteiger partial charge in [-0.3, -0.25) is 4.79 Å². The number of aromatic nitrogens is 1. The van der Waals surface area contributed by atoms with Crippen LogP contribution in [0.4, 0.5) is 0 Å². The van der Waals surface area contributed by atoms with Crippen LogP contribution in [0.5, 0.6) is 17.4 Å². The van der Waals surface area contributed by atoms with Gasteiger partial charge in [-0.15, -0.1) is 0 Å². The summed E-state index contributed by atoms with van der Waals surface area (Å²) in [7, 11) is 3.07. The normalized spacial score (nSPS) is 10.8. The maximum atomic E-state index is 12.1. The molecule has 0 saturated heterocycles. The maximum Gasteiger partial charge on any atom is 0.312 e. The number of nitrogens with zero attached hydrogens (tertiary/aromatic N) is 2. The van der Waals surface area contributed by atoms with E-state index >= 15 is 0 Å². The van der Waals surface area contributed by atoms with E-state index in [-0.39, 0.29) is 29.9 Å². The van der Waals surface area contributed by atoms with Gasteiger partial charge in [0, 0.05) is 5.56 Å². The number of methoxy groups -OCH3 is 2. The number of carbonyl (C=O) groups is 1. The van der Waals surface area contributed by atoms with Gasteiger partial charge in [-0.2, -0.15) is 5.10 Å². The van der Waals surface area contributed by atoms with Crippen LogP contribution in [0.15, 0.2) is 58.0 Å². The van der Waals surface area contributed by atoms with Gasteiger partial charge in [0.25, 0.3) is 0 Å². The van der Waals surface area contributed by atoms with Crippen LogP contribution in [0.25, 0.3) is 11.5 Å². The zero-order chi connectivity index (χ0) is 19.9. The number of hydrazone groups is 1. The number of aromatic hydroxyl groups is 1. The highest BCUT2D eigenvalue weighted by atomic mass is 16.5. The Bertz CT molecular complexity index is 983. The zero-order valence-electron chi connectivity index (χ0n) is 15.4. The van der Waals surface area contributed by atoms with E-state index in [0.29, 0.717) is 11.5 Å². The minimum absolute atomic E-state index is 0.0950. The molecule has 1 heterocycles. The van der Waals surface area contributed by atoms with Crippen molar-refractivity contribution >= 4 is 12.1 Å². The van der Waals surface area contributed by atoms with Gasteiger partial charge in [0.15, 0.2) is 17.2 Å². The van der Waals surface area contributed by atoms with E-state index < -0.39 is 0 Å². The highest BCUT2D eigenvalue weighted by Gasteiger charge is 2.12. The summed E-state index contributed by atoms with van der Waals surface area (Å²) >= 11 is 0. The fourth-order valence-corrected chi connectivity index (χ4v) is 2.49. The third kappa shape index (κ3) is 4.47. The second-order valence-corrected chi connectivity index (χ2v) is 5.73.